The average molecular weight is 447 g/mol. The minimum Gasteiger partial charge on any atom is -0.465 e. The zero-order valence-corrected chi connectivity index (χ0v) is 18.7. The largest absolute Gasteiger partial charge is 0.465 e. The predicted molar refractivity (Wildman–Crippen MR) is 123 cm³/mol. The van der Waals surface area contributed by atoms with Crippen LogP contribution in [0.1, 0.15) is 33.1 Å². The van der Waals surface area contributed by atoms with E-state index in [-0.39, 0.29) is 30.5 Å². The summed E-state index contributed by atoms with van der Waals surface area (Å²) in [5.41, 5.74) is 2.18. The highest BCUT2D eigenvalue weighted by Crippen LogP contribution is 2.17. The second-order valence-corrected chi connectivity index (χ2v) is 7.28. The van der Waals surface area contributed by atoms with Gasteiger partial charge >= 0.3 is 5.97 Å². The van der Waals surface area contributed by atoms with Crippen LogP contribution in [0, 0.1) is 13.8 Å². The van der Waals surface area contributed by atoms with Crippen molar-refractivity contribution in [3.05, 3.63) is 82.9 Å². The molecule has 0 saturated carbocycles. The third kappa shape index (κ3) is 6.86. The van der Waals surface area contributed by atoms with E-state index in [4.69, 9.17) is 4.74 Å². The summed E-state index contributed by atoms with van der Waals surface area (Å²) in [6, 6.07) is 14.2. The summed E-state index contributed by atoms with van der Waals surface area (Å²) in [6.45, 7) is 3.70. The number of hydrogen-bond donors (Lipinski definition) is 2. The molecule has 0 bridgehead atoms. The molecule has 0 unspecified atom stereocenters. The van der Waals surface area contributed by atoms with Crippen molar-refractivity contribution in [3.63, 3.8) is 0 Å². The summed E-state index contributed by atoms with van der Waals surface area (Å²) in [6.07, 6.45) is 3.10. The van der Waals surface area contributed by atoms with E-state index in [9.17, 15) is 14.4 Å². The van der Waals surface area contributed by atoms with Crippen molar-refractivity contribution in [1.82, 2.24) is 20.1 Å². The van der Waals surface area contributed by atoms with E-state index in [1.807, 2.05) is 30.3 Å². The zero-order valence-electron chi connectivity index (χ0n) is 18.7. The quantitative estimate of drug-likeness (QED) is 0.405. The number of carbonyl (C=O) groups is 3. The topological polar surface area (TPSA) is 115 Å². The molecule has 9 heteroatoms. The van der Waals surface area contributed by atoms with E-state index < -0.39 is 5.97 Å². The number of anilines is 1. The number of ether oxygens (including phenoxy) is 1. The van der Waals surface area contributed by atoms with Gasteiger partial charge in [0.25, 0.3) is 0 Å². The number of aromatic nitrogens is 3. The van der Waals surface area contributed by atoms with Crippen molar-refractivity contribution in [2.24, 2.45) is 0 Å². The molecular formula is C24H25N5O4. The maximum atomic E-state index is 12.4. The lowest BCUT2D eigenvalue weighted by atomic mass is 10.1. The first-order chi connectivity index (χ1) is 15.8. The van der Waals surface area contributed by atoms with Crippen LogP contribution in [0.5, 0.6) is 0 Å². The molecule has 3 aromatic rings. The van der Waals surface area contributed by atoms with Crippen LogP contribution in [0.25, 0.3) is 6.08 Å². The Kier molecular flexibility index (Phi) is 7.69. The number of amides is 2. The van der Waals surface area contributed by atoms with Gasteiger partial charge < -0.3 is 15.4 Å². The molecule has 1 aromatic heterocycles. The SMILES string of the molecule is COC(=O)c1cc(CNC(=O)Cn2nc(C)nc2C)cc(NC(=O)C=Cc2ccccc2)c1. The molecular weight excluding hydrogens is 422 g/mol. The van der Waals surface area contributed by atoms with Gasteiger partial charge in [0.1, 0.15) is 18.2 Å². The van der Waals surface area contributed by atoms with Gasteiger partial charge in [-0.2, -0.15) is 5.10 Å². The predicted octanol–water partition coefficient (Wildman–Crippen LogP) is 2.65. The molecule has 33 heavy (non-hydrogen) atoms. The van der Waals surface area contributed by atoms with Crippen LogP contribution >= 0.6 is 0 Å². The van der Waals surface area contributed by atoms with Crippen LogP contribution in [-0.2, 0) is 27.4 Å². The molecule has 0 aliphatic rings. The van der Waals surface area contributed by atoms with Crippen LogP contribution in [0.4, 0.5) is 5.69 Å². The zero-order chi connectivity index (χ0) is 23.8. The van der Waals surface area contributed by atoms with Crippen molar-refractivity contribution < 1.29 is 19.1 Å². The maximum Gasteiger partial charge on any atom is 0.337 e. The van der Waals surface area contributed by atoms with Crippen molar-refractivity contribution in [1.29, 1.82) is 0 Å². The molecule has 0 radical (unpaired) electrons. The Balaban J connectivity index is 1.69. The maximum absolute atomic E-state index is 12.4. The second kappa shape index (κ2) is 10.9. The molecule has 0 saturated heterocycles. The summed E-state index contributed by atoms with van der Waals surface area (Å²) in [7, 11) is 1.28. The summed E-state index contributed by atoms with van der Waals surface area (Å²) >= 11 is 0. The summed E-state index contributed by atoms with van der Waals surface area (Å²) < 4.78 is 6.32. The lowest BCUT2D eigenvalue weighted by molar-refractivity contribution is -0.122. The highest BCUT2D eigenvalue weighted by molar-refractivity contribution is 6.02. The van der Waals surface area contributed by atoms with Crippen molar-refractivity contribution in [2.75, 3.05) is 12.4 Å². The second-order valence-electron chi connectivity index (χ2n) is 7.28. The Bertz CT molecular complexity index is 1180. The highest BCUT2D eigenvalue weighted by Gasteiger charge is 2.12. The number of aryl methyl sites for hydroxylation is 2. The third-order valence-electron chi connectivity index (χ3n) is 4.65. The lowest BCUT2D eigenvalue weighted by Crippen LogP contribution is -2.28. The van der Waals surface area contributed by atoms with Gasteiger partial charge in [0.05, 0.1) is 12.7 Å². The molecule has 1 heterocycles. The number of esters is 1. The normalized spacial score (nSPS) is 10.8. The fourth-order valence-electron chi connectivity index (χ4n) is 3.13. The molecule has 9 nitrogen and oxygen atoms in total. The molecule has 2 aromatic carbocycles. The Labute approximate surface area is 191 Å². The van der Waals surface area contributed by atoms with Crippen molar-refractivity contribution in [2.45, 2.75) is 26.9 Å². The van der Waals surface area contributed by atoms with Crippen molar-refractivity contribution in [3.8, 4) is 0 Å². The summed E-state index contributed by atoms with van der Waals surface area (Å²) in [5.74, 6) is 0.0691. The Hall–Kier alpha value is -4.27. The molecule has 170 valence electrons. The third-order valence-corrected chi connectivity index (χ3v) is 4.65. The molecule has 0 atom stereocenters. The number of nitrogens with one attached hydrogen (secondary N) is 2. The number of carbonyl (C=O) groups excluding carboxylic acids is 3. The Morgan fingerprint density at radius 2 is 1.85 bits per heavy atom. The summed E-state index contributed by atoms with van der Waals surface area (Å²) in [5, 5.41) is 9.70. The Morgan fingerprint density at radius 1 is 1.09 bits per heavy atom. The van der Waals surface area contributed by atoms with E-state index in [0.717, 1.165) is 5.56 Å². The number of nitrogens with zero attached hydrogens (tertiary/aromatic N) is 3. The minimum absolute atomic E-state index is 0.0250. The highest BCUT2D eigenvalue weighted by atomic mass is 16.5. The fourth-order valence-corrected chi connectivity index (χ4v) is 3.13. The average Bonchev–Trinajstić information content (AvgIpc) is 3.12. The first-order valence-electron chi connectivity index (χ1n) is 10.2. The first kappa shape index (κ1) is 23.4. The van der Waals surface area contributed by atoms with E-state index >= 15 is 0 Å². The number of rotatable bonds is 8. The van der Waals surface area contributed by atoms with Gasteiger partial charge in [0.15, 0.2) is 0 Å². The molecule has 0 aliphatic heterocycles. The number of benzene rings is 2. The molecule has 2 amide bonds. The van der Waals surface area contributed by atoms with Crippen LogP contribution in [-0.4, -0.2) is 39.7 Å². The fraction of sp³-hybridized carbons (Fsp3) is 0.208. The molecule has 2 N–H and O–H groups in total. The van der Waals surface area contributed by atoms with Gasteiger partial charge in [-0.25, -0.2) is 14.5 Å². The van der Waals surface area contributed by atoms with Gasteiger partial charge in [0, 0.05) is 18.3 Å². The molecule has 0 fully saturated rings. The van der Waals surface area contributed by atoms with Crippen molar-refractivity contribution >= 4 is 29.5 Å². The van der Waals surface area contributed by atoms with E-state index in [1.165, 1.54) is 23.9 Å². The first-order valence-corrected chi connectivity index (χ1v) is 10.2. The van der Waals surface area contributed by atoms with Gasteiger partial charge in [-0.3, -0.25) is 9.59 Å². The van der Waals surface area contributed by atoms with Gasteiger partial charge in [-0.1, -0.05) is 30.3 Å². The van der Waals surface area contributed by atoms with Gasteiger partial charge in [-0.15, -0.1) is 0 Å². The molecule has 0 aliphatic carbocycles. The number of hydrogen-bond acceptors (Lipinski definition) is 6. The minimum atomic E-state index is -0.549. The molecule has 3 rings (SSSR count). The van der Waals surface area contributed by atoms with E-state index in [2.05, 4.69) is 20.7 Å². The standard InChI is InChI=1S/C24H25N5O4/c1-16-26-17(2)29(28-16)15-23(31)25-14-19-11-20(24(32)33-3)13-21(12-19)27-22(30)10-9-18-7-5-4-6-8-18/h4-13H,14-15H2,1-3H3,(H,25,31)(H,27,30). The van der Waals surface area contributed by atoms with Gasteiger partial charge in [-0.05, 0) is 49.2 Å². The Morgan fingerprint density at radius 3 is 2.52 bits per heavy atom. The van der Waals surface area contributed by atoms with Gasteiger partial charge in [0.2, 0.25) is 11.8 Å². The lowest BCUT2D eigenvalue weighted by Gasteiger charge is -2.11. The van der Waals surface area contributed by atoms with E-state index in [0.29, 0.717) is 22.9 Å². The van der Waals surface area contributed by atoms with Crippen LogP contribution in [0.2, 0.25) is 0 Å². The molecule has 0 spiro atoms. The van der Waals surface area contributed by atoms with Crippen LogP contribution in [0.15, 0.2) is 54.6 Å². The smallest absolute Gasteiger partial charge is 0.337 e. The monoisotopic (exact) mass is 447 g/mol. The number of methoxy groups -OCH3 is 1. The van der Waals surface area contributed by atoms with E-state index in [1.54, 1.807) is 32.1 Å². The van der Waals surface area contributed by atoms with Crippen LogP contribution < -0.4 is 10.6 Å². The summed E-state index contributed by atoms with van der Waals surface area (Å²) in [4.78, 5) is 40.9. The van der Waals surface area contributed by atoms with Crippen LogP contribution in [0.3, 0.4) is 0 Å².